The number of hydrogen-bond acceptors (Lipinski definition) is 4. The van der Waals surface area contributed by atoms with E-state index >= 15 is 0 Å². The molecule has 1 aromatic rings. The normalized spacial score (nSPS) is 25.0. The van der Waals surface area contributed by atoms with Gasteiger partial charge in [0.05, 0.1) is 23.4 Å². The van der Waals surface area contributed by atoms with Crippen molar-refractivity contribution in [3.05, 3.63) is 22.7 Å². The maximum absolute atomic E-state index is 12.6. The highest BCUT2D eigenvalue weighted by Gasteiger charge is 2.33. The first-order chi connectivity index (χ1) is 10.6. The first kappa shape index (κ1) is 20.8. The van der Waals surface area contributed by atoms with Gasteiger partial charge in [0.1, 0.15) is 5.75 Å². The maximum atomic E-state index is 12.6. The average Bonchev–Trinajstić information content (AvgIpc) is 2.52. The molecule has 6 nitrogen and oxygen atoms in total. The molecule has 0 radical (unpaired) electrons. The number of halogens is 2. The summed E-state index contributed by atoms with van der Waals surface area (Å²) in [5.74, 6) is 0.866. The summed E-state index contributed by atoms with van der Waals surface area (Å²) in [5.41, 5.74) is 6.62. The molecule has 3 atom stereocenters. The second kappa shape index (κ2) is 8.76. The zero-order valence-electron chi connectivity index (χ0n) is 13.7. The third-order valence-corrected chi connectivity index (χ3v) is 5.07. The van der Waals surface area contributed by atoms with Crippen LogP contribution < -0.4 is 15.8 Å². The highest BCUT2D eigenvalue weighted by Crippen LogP contribution is 2.30. The number of carbonyl (C=O) groups excluding carboxylic acids is 1. The van der Waals surface area contributed by atoms with E-state index in [1.807, 2.05) is 0 Å². The number of nitrogen functional groups attached to an aromatic ring is 1. The fraction of sp³-hybridized carbons (Fsp3) is 0.562. The average molecular weight is 378 g/mol. The van der Waals surface area contributed by atoms with Crippen molar-refractivity contribution < 1.29 is 15.0 Å². The van der Waals surface area contributed by atoms with Crippen LogP contribution in [0, 0.1) is 5.92 Å². The molecule has 0 aliphatic carbocycles. The molecule has 0 aromatic heterocycles. The number of benzene rings is 1. The molecule has 2 bridgehead atoms. The zero-order valence-corrected chi connectivity index (χ0v) is 15.3. The minimum atomic E-state index is -0.136. The second-order valence-corrected chi connectivity index (χ2v) is 6.55. The number of carbonyl (C=O) groups is 1. The molecule has 1 amide bonds. The lowest BCUT2D eigenvalue weighted by atomic mass is 9.85. The number of nitrogens with two attached hydrogens (primary N) is 1. The summed E-state index contributed by atoms with van der Waals surface area (Å²) < 4.78 is 5.27. The summed E-state index contributed by atoms with van der Waals surface area (Å²) >= 11 is 6.05. The summed E-state index contributed by atoms with van der Waals surface area (Å²) in [6.45, 7) is 3.34. The minimum Gasteiger partial charge on any atom is -0.496 e. The van der Waals surface area contributed by atoms with E-state index in [1.54, 1.807) is 12.1 Å². The molecule has 5 N–H and O–H groups in total. The smallest absolute Gasteiger partial charge is 0.255 e. The maximum Gasteiger partial charge on any atom is 0.255 e. The van der Waals surface area contributed by atoms with E-state index < -0.39 is 0 Å². The summed E-state index contributed by atoms with van der Waals surface area (Å²) in [7, 11) is 1.53. The Morgan fingerprint density at radius 2 is 2.12 bits per heavy atom. The third-order valence-electron chi connectivity index (χ3n) is 4.75. The predicted molar refractivity (Wildman–Crippen MR) is 98.3 cm³/mol. The van der Waals surface area contributed by atoms with Crippen LogP contribution in [0.15, 0.2) is 12.1 Å². The SMILES string of the molecule is COc1cc(N)c(Cl)cc1C(=O)NC1CCN2CCCC1C2.Cl.O. The van der Waals surface area contributed by atoms with E-state index in [-0.39, 0.29) is 29.8 Å². The Hall–Kier alpha value is -1.21. The topological polar surface area (TPSA) is 99.1 Å². The Morgan fingerprint density at radius 3 is 2.83 bits per heavy atom. The molecular weight excluding hydrogens is 353 g/mol. The van der Waals surface area contributed by atoms with Gasteiger partial charge >= 0.3 is 0 Å². The molecule has 3 unspecified atom stereocenters. The van der Waals surface area contributed by atoms with Gasteiger partial charge in [-0.3, -0.25) is 4.79 Å². The highest BCUT2D eigenvalue weighted by molar-refractivity contribution is 6.33. The van der Waals surface area contributed by atoms with Gasteiger partial charge in [0, 0.05) is 25.2 Å². The quantitative estimate of drug-likeness (QED) is 0.783. The van der Waals surface area contributed by atoms with Crippen molar-refractivity contribution >= 4 is 35.6 Å². The fourth-order valence-corrected chi connectivity index (χ4v) is 3.70. The summed E-state index contributed by atoms with van der Waals surface area (Å²) in [6, 6.07) is 3.41. The number of piperidine rings is 2. The Kier molecular flexibility index (Phi) is 7.60. The van der Waals surface area contributed by atoms with Gasteiger partial charge in [-0.15, -0.1) is 12.4 Å². The molecule has 136 valence electrons. The molecule has 8 heteroatoms. The van der Waals surface area contributed by atoms with Crippen molar-refractivity contribution in [2.45, 2.75) is 25.3 Å². The molecular formula is C16H25Cl2N3O3. The van der Waals surface area contributed by atoms with Gasteiger partial charge < -0.3 is 26.2 Å². The van der Waals surface area contributed by atoms with Gasteiger partial charge in [0.15, 0.2) is 0 Å². The molecule has 2 aliphatic rings. The lowest BCUT2D eigenvalue weighted by Gasteiger charge is -2.42. The summed E-state index contributed by atoms with van der Waals surface area (Å²) in [5, 5.41) is 3.54. The lowest BCUT2D eigenvalue weighted by molar-refractivity contribution is 0.0737. The number of rotatable bonds is 3. The van der Waals surface area contributed by atoms with Crippen LogP contribution in [0.2, 0.25) is 5.02 Å². The van der Waals surface area contributed by atoms with Crippen LogP contribution >= 0.6 is 24.0 Å². The van der Waals surface area contributed by atoms with Crippen molar-refractivity contribution in [2.75, 3.05) is 32.5 Å². The van der Waals surface area contributed by atoms with Crippen molar-refractivity contribution in [1.29, 1.82) is 0 Å². The number of fused-ring (bicyclic) bond motifs is 2. The lowest BCUT2D eigenvalue weighted by Crippen LogP contribution is -2.53. The molecule has 2 fully saturated rings. The Morgan fingerprint density at radius 1 is 1.38 bits per heavy atom. The van der Waals surface area contributed by atoms with Crippen LogP contribution in [-0.2, 0) is 0 Å². The second-order valence-electron chi connectivity index (χ2n) is 6.15. The van der Waals surface area contributed by atoms with E-state index in [9.17, 15) is 4.79 Å². The van der Waals surface area contributed by atoms with E-state index in [1.165, 1.54) is 26.5 Å². The number of hydrogen-bond donors (Lipinski definition) is 2. The molecule has 0 saturated carbocycles. The standard InChI is InChI=1S/C16H22ClN3O2.ClH.H2O/c1-22-15-8-13(18)12(17)7-11(15)16(21)19-14-4-6-20-5-2-3-10(14)9-20;;/h7-8,10,14H,2-6,9,18H2,1H3,(H,19,21);1H;1H2. The van der Waals surface area contributed by atoms with Crippen molar-refractivity contribution in [3.63, 3.8) is 0 Å². The van der Waals surface area contributed by atoms with E-state index in [2.05, 4.69) is 10.2 Å². The third kappa shape index (κ3) is 4.25. The first-order valence-electron chi connectivity index (χ1n) is 7.74. The number of amides is 1. The van der Waals surface area contributed by atoms with Crippen LogP contribution in [0.5, 0.6) is 5.75 Å². The summed E-state index contributed by atoms with van der Waals surface area (Å²) in [6.07, 6.45) is 3.40. The minimum absolute atomic E-state index is 0. The van der Waals surface area contributed by atoms with Crippen LogP contribution in [-0.4, -0.2) is 49.1 Å². The van der Waals surface area contributed by atoms with Crippen molar-refractivity contribution in [1.82, 2.24) is 10.2 Å². The van der Waals surface area contributed by atoms with Gasteiger partial charge in [0.25, 0.3) is 5.91 Å². The number of nitrogens with zero attached hydrogens (tertiary/aromatic N) is 1. The zero-order chi connectivity index (χ0) is 15.7. The molecule has 2 saturated heterocycles. The number of ether oxygens (including phenoxy) is 1. The number of methoxy groups -OCH3 is 1. The largest absolute Gasteiger partial charge is 0.496 e. The Balaban J connectivity index is 0.00000144. The van der Waals surface area contributed by atoms with Gasteiger partial charge in [-0.05, 0) is 37.8 Å². The van der Waals surface area contributed by atoms with Crippen molar-refractivity contribution in [3.8, 4) is 5.75 Å². The van der Waals surface area contributed by atoms with Gasteiger partial charge in [0.2, 0.25) is 0 Å². The monoisotopic (exact) mass is 377 g/mol. The molecule has 0 spiro atoms. The van der Waals surface area contributed by atoms with Gasteiger partial charge in [-0.1, -0.05) is 11.6 Å². The molecule has 1 aromatic carbocycles. The summed E-state index contributed by atoms with van der Waals surface area (Å²) in [4.78, 5) is 15.1. The molecule has 24 heavy (non-hydrogen) atoms. The van der Waals surface area contributed by atoms with Crippen LogP contribution in [0.3, 0.4) is 0 Å². The first-order valence-corrected chi connectivity index (χ1v) is 8.12. The molecule has 3 rings (SSSR count). The number of anilines is 1. The Bertz CT molecular complexity index is 586. The van der Waals surface area contributed by atoms with Crippen LogP contribution in [0.4, 0.5) is 5.69 Å². The van der Waals surface area contributed by atoms with Crippen LogP contribution in [0.1, 0.15) is 29.6 Å². The number of nitrogens with one attached hydrogen (secondary N) is 1. The van der Waals surface area contributed by atoms with E-state index in [0.717, 1.165) is 19.5 Å². The van der Waals surface area contributed by atoms with Gasteiger partial charge in [-0.25, -0.2) is 0 Å². The Labute approximate surface area is 153 Å². The van der Waals surface area contributed by atoms with Crippen molar-refractivity contribution in [2.24, 2.45) is 5.92 Å². The van der Waals surface area contributed by atoms with E-state index in [0.29, 0.717) is 27.9 Å². The van der Waals surface area contributed by atoms with Crippen LogP contribution in [0.25, 0.3) is 0 Å². The van der Waals surface area contributed by atoms with E-state index in [4.69, 9.17) is 22.1 Å². The molecule has 2 aliphatic heterocycles. The molecule has 2 heterocycles. The van der Waals surface area contributed by atoms with Gasteiger partial charge in [-0.2, -0.15) is 0 Å². The highest BCUT2D eigenvalue weighted by atomic mass is 35.5. The predicted octanol–water partition coefficient (Wildman–Crippen LogP) is 1.74. The fourth-order valence-electron chi connectivity index (χ4n) is 3.53.